The highest BCUT2D eigenvalue weighted by molar-refractivity contribution is 5.81. The van der Waals surface area contributed by atoms with Gasteiger partial charge in [0.25, 0.3) is 0 Å². The monoisotopic (exact) mass is 283 g/mol. The largest absolute Gasteiger partial charge is 0.435 e. The molecule has 0 atom stereocenters. The van der Waals surface area contributed by atoms with Crippen molar-refractivity contribution in [3.05, 3.63) is 30.0 Å². The van der Waals surface area contributed by atoms with E-state index in [-0.39, 0.29) is 17.8 Å². The van der Waals surface area contributed by atoms with Crippen LogP contribution in [0.3, 0.4) is 0 Å². The molecule has 0 bridgehead atoms. The van der Waals surface area contributed by atoms with Crippen LogP contribution in [0.1, 0.15) is 11.5 Å². The van der Waals surface area contributed by atoms with E-state index in [9.17, 15) is 13.2 Å². The van der Waals surface area contributed by atoms with Crippen LogP contribution in [0.4, 0.5) is 13.2 Å². The minimum Gasteiger partial charge on any atom is -0.264 e. The molecule has 0 radical (unpaired) electrons. The van der Waals surface area contributed by atoms with Gasteiger partial charge in [-0.2, -0.15) is 23.1 Å². The maximum absolute atomic E-state index is 12.9. The molecule has 3 heterocycles. The molecule has 0 unspecified atom stereocenters. The van der Waals surface area contributed by atoms with E-state index < -0.39 is 11.9 Å². The molecule has 7 nitrogen and oxygen atoms in total. The van der Waals surface area contributed by atoms with E-state index in [0.717, 1.165) is 6.20 Å². The smallest absolute Gasteiger partial charge is 0.264 e. The van der Waals surface area contributed by atoms with E-state index in [4.69, 9.17) is 0 Å². The summed E-state index contributed by atoms with van der Waals surface area (Å²) in [6.07, 6.45) is -1.99. The predicted molar refractivity (Wildman–Crippen MR) is 60.4 cm³/mol. The van der Waals surface area contributed by atoms with Gasteiger partial charge in [0, 0.05) is 12.4 Å². The van der Waals surface area contributed by atoms with Crippen molar-refractivity contribution in [2.75, 3.05) is 0 Å². The summed E-state index contributed by atoms with van der Waals surface area (Å²) >= 11 is 0. The standard InChI is InChI=1S/C10H8F3N7/c1-19-16-8(15-18-19)5-20-7-2-3-14-4-6(7)9(17-20)10(11,12)13/h2-4H,5H2,1H3. The normalized spacial score (nSPS) is 12.2. The van der Waals surface area contributed by atoms with Gasteiger partial charge in [0.2, 0.25) is 0 Å². The Kier molecular flexibility index (Phi) is 2.66. The molecule has 0 spiro atoms. The zero-order chi connectivity index (χ0) is 14.3. The van der Waals surface area contributed by atoms with Crippen LogP contribution in [0.25, 0.3) is 10.9 Å². The van der Waals surface area contributed by atoms with Gasteiger partial charge in [0.1, 0.15) is 6.54 Å². The molecule has 10 heteroatoms. The molecule has 3 rings (SSSR count). The number of tetrazole rings is 1. The number of alkyl halides is 3. The first kappa shape index (κ1) is 12.5. The lowest BCUT2D eigenvalue weighted by atomic mass is 10.2. The topological polar surface area (TPSA) is 74.3 Å². The number of aromatic nitrogens is 7. The lowest BCUT2D eigenvalue weighted by molar-refractivity contribution is -0.140. The van der Waals surface area contributed by atoms with Crippen LogP contribution in [-0.2, 0) is 19.8 Å². The van der Waals surface area contributed by atoms with Gasteiger partial charge in [0.05, 0.1) is 18.0 Å². The molecule has 0 fully saturated rings. The Morgan fingerprint density at radius 1 is 1.25 bits per heavy atom. The second-order valence-electron chi connectivity index (χ2n) is 4.09. The fourth-order valence-corrected chi connectivity index (χ4v) is 1.87. The minimum absolute atomic E-state index is 0.00440. The highest BCUT2D eigenvalue weighted by Crippen LogP contribution is 2.33. The highest BCUT2D eigenvalue weighted by Gasteiger charge is 2.37. The molecule has 104 valence electrons. The van der Waals surface area contributed by atoms with Crippen molar-refractivity contribution in [2.45, 2.75) is 12.7 Å². The average molecular weight is 283 g/mol. The second kappa shape index (κ2) is 4.25. The van der Waals surface area contributed by atoms with Crippen molar-refractivity contribution >= 4 is 10.9 Å². The summed E-state index contributed by atoms with van der Waals surface area (Å²) in [5, 5.41) is 14.8. The van der Waals surface area contributed by atoms with Crippen molar-refractivity contribution in [2.24, 2.45) is 7.05 Å². The number of rotatable bonds is 2. The summed E-state index contributed by atoms with van der Waals surface area (Å²) in [5.41, 5.74) is -0.649. The zero-order valence-electron chi connectivity index (χ0n) is 10.2. The van der Waals surface area contributed by atoms with Crippen LogP contribution in [-0.4, -0.2) is 35.0 Å². The van der Waals surface area contributed by atoms with E-state index in [1.54, 1.807) is 7.05 Å². The van der Waals surface area contributed by atoms with Crippen molar-refractivity contribution in [3.63, 3.8) is 0 Å². The summed E-state index contributed by atoms with van der Waals surface area (Å²) in [6, 6.07) is 1.47. The molecular formula is C10H8F3N7. The van der Waals surface area contributed by atoms with Gasteiger partial charge < -0.3 is 0 Å². The molecule has 0 aliphatic carbocycles. The fourth-order valence-electron chi connectivity index (χ4n) is 1.87. The van der Waals surface area contributed by atoms with Crippen LogP contribution in [0.5, 0.6) is 0 Å². The van der Waals surface area contributed by atoms with Gasteiger partial charge in [-0.25, -0.2) is 0 Å². The molecule has 0 N–H and O–H groups in total. The van der Waals surface area contributed by atoms with Crippen LogP contribution in [0.15, 0.2) is 18.5 Å². The molecule has 3 aromatic rings. The van der Waals surface area contributed by atoms with Gasteiger partial charge in [-0.15, -0.1) is 10.2 Å². The summed E-state index contributed by atoms with van der Waals surface area (Å²) in [5.74, 6) is 0.280. The quantitative estimate of drug-likeness (QED) is 0.702. The predicted octanol–water partition coefficient (Wildman–Crippen LogP) is 1.02. The minimum atomic E-state index is -4.54. The Morgan fingerprint density at radius 3 is 2.70 bits per heavy atom. The zero-order valence-corrected chi connectivity index (χ0v) is 10.2. The summed E-state index contributed by atoms with van der Waals surface area (Å²) in [4.78, 5) is 4.94. The molecule has 0 amide bonds. The molecular weight excluding hydrogens is 275 g/mol. The molecule has 0 aliphatic heterocycles. The van der Waals surface area contributed by atoms with Crippen molar-refractivity contribution in [1.82, 2.24) is 35.0 Å². The first-order chi connectivity index (χ1) is 9.45. The maximum atomic E-state index is 12.9. The molecule has 0 saturated heterocycles. The fraction of sp³-hybridized carbons (Fsp3) is 0.300. The van der Waals surface area contributed by atoms with E-state index >= 15 is 0 Å². The molecule has 0 saturated carbocycles. The number of hydrogen-bond donors (Lipinski definition) is 0. The van der Waals surface area contributed by atoms with Crippen LogP contribution < -0.4 is 0 Å². The Bertz CT molecular complexity index is 758. The van der Waals surface area contributed by atoms with E-state index in [2.05, 4.69) is 25.5 Å². The maximum Gasteiger partial charge on any atom is 0.435 e. The molecule has 0 aliphatic rings. The second-order valence-corrected chi connectivity index (χ2v) is 4.09. The Labute approximate surface area is 110 Å². The van der Waals surface area contributed by atoms with E-state index in [1.807, 2.05) is 0 Å². The molecule has 20 heavy (non-hydrogen) atoms. The molecule has 0 aromatic carbocycles. The van der Waals surface area contributed by atoms with Gasteiger partial charge in [0.15, 0.2) is 11.5 Å². The third-order valence-electron chi connectivity index (χ3n) is 2.66. The Hall–Kier alpha value is -2.52. The van der Waals surface area contributed by atoms with Crippen molar-refractivity contribution < 1.29 is 13.2 Å². The lowest BCUT2D eigenvalue weighted by Crippen LogP contribution is -2.09. The van der Waals surface area contributed by atoms with Gasteiger partial charge in [-0.05, 0) is 11.3 Å². The summed E-state index contributed by atoms with van der Waals surface area (Å²) < 4.78 is 40.0. The van der Waals surface area contributed by atoms with Gasteiger partial charge >= 0.3 is 6.18 Å². The number of hydrogen-bond acceptors (Lipinski definition) is 5. The first-order valence-corrected chi connectivity index (χ1v) is 5.56. The number of fused-ring (bicyclic) bond motifs is 1. The number of aryl methyl sites for hydroxylation is 1. The molecule has 3 aromatic heterocycles. The van der Waals surface area contributed by atoms with Crippen LogP contribution in [0, 0.1) is 0 Å². The third kappa shape index (κ3) is 2.08. The number of halogens is 3. The average Bonchev–Trinajstić information content (AvgIpc) is 2.94. The first-order valence-electron chi connectivity index (χ1n) is 5.56. The van der Waals surface area contributed by atoms with Crippen LogP contribution in [0.2, 0.25) is 0 Å². The van der Waals surface area contributed by atoms with E-state index in [0.29, 0.717) is 5.52 Å². The Balaban J connectivity index is 2.11. The number of nitrogens with zero attached hydrogens (tertiary/aromatic N) is 7. The summed E-state index contributed by atoms with van der Waals surface area (Å²) in [6.45, 7) is 0.00440. The van der Waals surface area contributed by atoms with Gasteiger partial charge in [-0.3, -0.25) is 9.67 Å². The van der Waals surface area contributed by atoms with Crippen LogP contribution >= 0.6 is 0 Å². The third-order valence-corrected chi connectivity index (χ3v) is 2.66. The van der Waals surface area contributed by atoms with E-state index in [1.165, 1.54) is 21.7 Å². The SMILES string of the molecule is Cn1nnc(Cn2nc(C(F)(F)F)c3cnccc32)n1. The highest BCUT2D eigenvalue weighted by atomic mass is 19.4. The lowest BCUT2D eigenvalue weighted by Gasteiger charge is -2.01. The Morgan fingerprint density at radius 2 is 2.05 bits per heavy atom. The van der Waals surface area contributed by atoms with Crippen molar-refractivity contribution in [1.29, 1.82) is 0 Å². The number of pyridine rings is 1. The summed E-state index contributed by atoms with van der Waals surface area (Å²) in [7, 11) is 1.57. The van der Waals surface area contributed by atoms with Gasteiger partial charge in [-0.1, -0.05) is 0 Å². The van der Waals surface area contributed by atoms with Crippen molar-refractivity contribution in [3.8, 4) is 0 Å².